The average molecular weight is 323 g/mol. The molecule has 0 radical (unpaired) electrons. The maximum absolute atomic E-state index is 13.0. The lowest BCUT2D eigenvalue weighted by molar-refractivity contribution is 0.0596. The smallest absolute Gasteiger partial charge is 0.271 e. The fourth-order valence-electron chi connectivity index (χ4n) is 3.58. The van der Waals surface area contributed by atoms with Crippen LogP contribution in [0.4, 0.5) is 0 Å². The topological polar surface area (TPSA) is 55.4 Å². The molecule has 6 nitrogen and oxygen atoms in total. The molecule has 1 saturated heterocycles. The summed E-state index contributed by atoms with van der Waals surface area (Å²) in [6, 6.07) is 7.78. The summed E-state index contributed by atoms with van der Waals surface area (Å²) in [5.74, 6) is 0.0834. The van der Waals surface area contributed by atoms with Gasteiger partial charge >= 0.3 is 0 Å². The number of fused-ring (bicyclic) bond motifs is 1. The third-order valence-corrected chi connectivity index (χ3v) is 4.83. The zero-order chi connectivity index (χ0) is 16.7. The van der Waals surface area contributed by atoms with Gasteiger partial charge in [0.15, 0.2) is 5.65 Å². The number of hydrogen-bond donors (Lipinski definition) is 0. The van der Waals surface area contributed by atoms with E-state index in [1.54, 1.807) is 6.20 Å². The van der Waals surface area contributed by atoms with E-state index in [2.05, 4.69) is 11.2 Å². The minimum atomic E-state index is 0.0275. The second-order valence-corrected chi connectivity index (χ2v) is 6.44. The minimum absolute atomic E-state index is 0.0275. The number of carbonyl (C=O) groups excluding carboxylic acids is 1. The summed E-state index contributed by atoms with van der Waals surface area (Å²) < 4.78 is 3.71. The Morgan fingerprint density at radius 2 is 2.17 bits per heavy atom. The molecule has 4 heterocycles. The van der Waals surface area contributed by atoms with Gasteiger partial charge in [-0.05, 0) is 44.4 Å². The fraction of sp³-hybridized carbons (Fsp3) is 0.389. The molecule has 0 saturated carbocycles. The van der Waals surface area contributed by atoms with Crippen molar-refractivity contribution in [2.45, 2.75) is 32.2 Å². The van der Waals surface area contributed by atoms with Gasteiger partial charge in [-0.15, -0.1) is 0 Å². The highest BCUT2D eigenvalue weighted by Crippen LogP contribution is 2.31. The van der Waals surface area contributed by atoms with Gasteiger partial charge in [-0.1, -0.05) is 0 Å². The molecule has 0 spiro atoms. The van der Waals surface area contributed by atoms with Crippen LogP contribution in [-0.2, 0) is 7.05 Å². The summed E-state index contributed by atoms with van der Waals surface area (Å²) in [5, 5.41) is 4.28. The van der Waals surface area contributed by atoms with E-state index >= 15 is 0 Å². The van der Waals surface area contributed by atoms with Crippen molar-refractivity contribution in [1.82, 2.24) is 24.1 Å². The number of amides is 1. The molecule has 6 heteroatoms. The monoisotopic (exact) mass is 323 g/mol. The number of nitrogens with zero attached hydrogens (tertiary/aromatic N) is 5. The predicted molar refractivity (Wildman–Crippen MR) is 90.8 cm³/mol. The molecule has 124 valence electrons. The van der Waals surface area contributed by atoms with Crippen LogP contribution in [0.5, 0.6) is 0 Å². The average Bonchev–Trinajstić information content (AvgIpc) is 3.23. The lowest BCUT2D eigenvalue weighted by atomic mass is 9.98. The quantitative estimate of drug-likeness (QED) is 0.728. The second-order valence-electron chi connectivity index (χ2n) is 6.44. The van der Waals surface area contributed by atoms with Crippen LogP contribution < -0.4 is 0 Å². The van der Waals surface area contributed by atoms with Crippen LogP contribution in [-0.4, -0.2) is 36.5 Å². The fourth-order valence-corrected chi connectivity index (χ4v) is 3.58. The maximum Gasteiger partial charge on any atom is 0.271 e. The van der Waals surface area contributed by atoms with Crippen LogP contribution in [0.15, 0.2) is 36.7 Å². The van der Waals surface area contributed by atoms with Gasteiger partial charge in [0.25, 0.3) is 5.91 Å². The van der Waals surface area contributed by atoms with Gasteiger partial charge in [-0.25, -0.2) is 9.50 Å². The van der Waals surface area contributed by atoms with Crippen LogP contribution in [0.25, 0.3) is 5.65 Å². The first kappa shape index (κ1) is 14.9. The van der Waals surface area contributed by atoms with E-state index in [1.165, 1.54) is 0 Å². The van der Waals surface area contributed by atoms with E-state index in [-0.39, 0.29) is 11.9 Å². The number of likely N-dealkylation sites (tertiary alicyclic amines) is 1. The molecule has 0 N–H and O–H groups in total. The van der Waals surface area contributed by atoms with E-state index in [4.69, 9.17) is 4.98 Å². The highest BCUT2D eigenvalue weighted by Gasteiger charge is 2.31. The Balaban J connectivity index is 1.73. The highest BCUT2D eigenvalue weighted by atomic mass is 16.2. The van der Waals surface area contributed by atoms with E-state index in [9.17, 15) is 4.79 Å². The molecule has 1 amide bonds. The number of aryl methyl sites for hydroxylation is 2. The van der Waals surface area contributed by atoms with Gasteiger partial charge in [0.2, 0.25) is 0 Å². The zero-order valence-electron chi connectivity index (χ0n) is 14.0. The summed E-state index contributed by atoms with van der Waals surface area (Å²) in [6.07, 6.45) is 6.78. The van der Waals surface area contributed by atoms with Crippen molar-refractivity contribution in [3.8, 4) is 0 Å². The summed E-state index contributed by atoms with van der Waals surface area (Å²) >= 11 is 0. The van der Waals surface area contributed by atoms with Crippen molar-refractivity contribution in [3.05, 3.63) is 53.7 Å². The molecule has 24 heavy (non-hydrogen) atoms. The van der Waals surface area contributed by atoms with E-state index in [1.807, 2.05) is 52.3 Å². The van der Waals surface area contributed by atoms with Gasteiger partial charge in [-0.3, -0.25) is 4.79 Å². The summed E-state index contributed by atoms with van der Waals surface area (Å²) in [4.78, 5) is 19.8. The van der Waals surface area contributed by atoms with Gasteiger partial charge < -0.3 is 9.47 Å². The Hall–Kier alpha value is -2.63. The molecule has 4 rings (SSSR count). The first-order valence-corrected chi connectivity index (χ1v) is 8.39. The minimum Gasteiger partial charge on any atom is -0.347 e. The number of piperidine rings is 1. The zero-order valence-corrected chi connectivity index (χ0v) is 14.0. The third-order valence-electron chi connectivity index (χ3n) is 4.83. The van der Waals surface area contributed by atoms with Crippen LogP contribution >= 0.6 is 0 Å². The van der Waals surface area contributed by atoms with Gasteiger partial charge in [-0.2, -0.15) is 5.10 Å². The first-order chi connectivity index (χ1) is 11.6. The van der Waals surface area contributed by atoms with E-state index in [0.29, 0.717) is 0 Å². The Bertz CT molecular complexity index is 894. The Morgan fingerprint density at radius 1 is 1.29 bits per heavy atom. The normalized spacial score (nSPS) is 18.2. The molecule has 0 aliphatic carbocycles. The molecule has 1 aliphatic heterocycles. The summed E-state index contributed by atoms with van der Waals surface area (Å²) in [7, 11) is 1.91. The summed E-state index contributed by atoms with van der Waals surface area (Å²) in [5.41, 5.74) is 3.56. The molecule has 3 aromatic heterocycles. The lowest BCUT2D eigenvalue weighted by Crippen LogP contribution is -2.39. The first-order valence-electron chi connectivity index (χ1n) is 8.39. The van der Waals surface area contributed by atoms with Crippen LogP contribution in [0.1, 0.15) is 47.2 Å². The standard InChI is InChI=1S/C18H21N5O/c1-13-12-14(20-17-8-9-19-23(13)17)15-6-3-4-11-22(15)18(24)16-7-5-10-21(16)2/h5,7-10,12,15H,3-4,6,11H2,1-2H3. The molecule has 1 atom stereocenters. The van der Waals surface area contributed by atoms with Crippen LogP contribution in [0.2, 0.25) is 0 Å². The molecule has 0 aromatic carbocycles. The van der Waals surface area contributed by atoms with Crippen molar-refractivity contribution >= 4 is 11.6 Å². The van der Waals surface area contributed by atoms with Gasteiger partial charge in [0.05, 0.1) is 17.9 Å². The molecule has 0 bridgehead atoms. The van der Waals surface area contributed by atoms with Crippen LogP contribution in [0.3, 0.4) is 0 Å². The molecule has 3 aromatic rings. The van der Waals surface area contributed by atoms with Crippen molar-refractivity contribution in [2.75, 3.05) is 6.54 Å². The maximum atomic E-state index is 13.0. The highest BCUT2D eigenvalue weighted by molar-refractivity contribution is 5.93. The number of aromatic nitrogens is 4. The SMILES string of the molecule is Cc1cc(C2CCCCN2C(=O)c2cccn2C)nc2ccnn12. The van der Waals surface area contributed by atoms with Crippen molar-refractivity contribution in [1.29, 1.82) is 0 Å². The molecular weight excluding hydrogens is 302 g/mol. The molecule has 1 aliphatic rings. The van der Waals surface area contributed by atoms with Crippen LogP contribution in [0, 0.1) is 6.92 Å². The Kier molecular flexibility index (Phi) is 3.59. The third kappa shape index (κ3) is 2.38. The Morgan fingerprint density at radius 3 is 2.96 bits per heavy atom. The lowest BCUT2D eigenvalue weighted by Gasteiger charge is -2.35. The van der Waals surface area contributed by atoms with E-state index in [0.717, 1.165) is 48.5 Å². The van der Waals surface area contributed by atoms with Gasteiger partial charge in [0, 0.05) is 31.5 Å². The van der Waals surface area contributed by atoms with Gasteiger partial charge in [0.1, 0.15) is 5.69 Å². The van der Waals surface area contributed by atoms with Crippen molar-refractivity contribution < 1.29 is 4.79 Å². The number of carbonyl (C=O) groups is 1. The van der Waals surface area contributed by atoms with E-state index < -0.39 is 0 Å². The van der Waals surface area contributed by atoms with Crippen molar-refractivity contribution in [3.63, 3.8) is 0 Å². The molecule has 1 unspecified atom stereocenters. The number of rotatable bonds is 2. The molecular formula is C18H21N5O. The summed E-state index contributed by atoms with van der Waals surface area (Å²) in [6.45, 7) is 2.80. The number of hydrogen-bond acceptors (Lipinski definition) is 3. The Labute approximate surface area is 140 Å². The largest absolute Gasteiger partial charge is 0.347 e. The predicted octanol–water partition coefficient (Wildman–Crippen LogP) is 2.74. The second kappa shape index (κ2) is 5.78. The molecule has 1 fully saturated rings. The van der Waals surface area contributed by atoms with Crippen molar-refractivity contribution in [2.24, 2.45) is 7.05 Å².